The lowest BCUT2D eigenvalue weighted by Gasteiger charge is -2.18. The number of thiazole rings is 1. The first-order valence-electron chi connectivity index (χ1n) is 7.81. The predicted octanol–water partition coefficient (Wildman–Crippen LogP) is 3.96. The van der Waals surface area contributed by atoms with Gasteiger partial charge in [0.05, 0.1) is 11.0 Å². The van der Waals surface area contributed by atoms with Gasteiger partial charge in [0.15, 0.2) is 10.1 Å². The number of carbonyl (C=O) groups excluding carboxylic acids is 1. The minimum absolute atomic E-state index is 0.204. The Morgan fingerprint density at radius 3 is 2.56 bits per heavy atom. The van der Waals surface area contributed by atoms with E-state index in [9.17, 15) is 9.18 Å². The Morgan fingerprint density at radius 2 is 2.00 bits per heavy atom. The zero-order valence-corrected chi connectivity index (χ0v) is 15.7. The van der Waals surface area contributed by atoms with E-state index in [-0.39, 0.29) is 23.7 Å². The van der Waals surface area contributed by atoms with E-state index in [0.717, 1.165) is 20.5 Å². The van der Waals surface area contributed by atoms with Crippen LogP contribution < -0.4 is 5.32 Å². The molecule has 0 spiro atoms. The monoisotopic (exact) mass is 379 g/mol. The number of halogens is 1. The first kappa shape index (κ1) is 18.0. The van der Waals surface area contributed by atoms with E-state index in [0.29, 0.717) is 12.2 Å². The molecule has 1 atom stereocenters. The van der Waals surface area contributed by atoms with Crippen LogP contribution in [0.15, 0.2) is 28.7 Å². The summed E-state index contributed by atoms with van der Waals surface area (Å²) in [5, 5.41) is 4.44. The third kappa shape index (κ3) is 4.26. The van der Waals surface area contributed by atoms with Crippen LogP contribution in [0.5, 0.6) is 0 Å². The Bertz CT molecular complexity index is 803. The van der Waals surface area contributed by atoms with Crippen LogP contribution in [0.3, 0.4) is 0 Å². The summed E-state index contributed by atoms with van der Waals surface area (Å²) in [6.07, 6.45) is -0.206. The van der Waals surface area contributed by atoms with Crippen molar-refractivity contribution in [2.24, 2.45) is 10.3 Å². The minimum Gasteiger partial charge on any atom is -0.376 e. The first-order chi connectivity index (χ1) is 12.0. The number of nitrogens with zero attached hydrogens (tertiary/aromatic N) is 2. The predicted molar refractivity (Wildman–Crippen MR) is 98.4 cm³/mol. The molecule has 3 rings (SSSR count). The molecular formula is C17H18FN3O2S2. The number of hydrogen-bond donors (Lipinski definition) is 1. The molecule has 0 saturated heterocycles. The summed E-state index contributed by atoms with van der Waals surface area (Å²) < 4.78 is 22.6. The summed E-state index contributed by atoms with van der Waals surface area (Å²) in [5.41, 5.74) is 1.19. The van der Waals surface area contributed by atoms with Crippen molar-refractivity contribution in [2.75, 3.05) is 7.11 Å². The van der Waals surface area contributed by atoms with Gasteiger partial charge in [-0.1, -0.05) is 26.0 Å². The zero-order chi connectivity index (χ0) is 18.0. The van der Waals surface area contributed by atoms with Gasteiger partial charge >= 0.3 is 0 Å². The molecular weight excluding hydrogens is 361 g/mol. The lowest BCUT2D eigenvalue weighted by molar-refractivity contribution is 0.0655. The molecule has 0 aliphatic carbocycles. The molecule has 1 unspecified atom stereocenters. The molecule has 5 nitrogen and oxygen atoms in total. The van der Waals surface area contributed by atoms with E-state index in [1.54, 1.807) is 19.2 Å². The van der Waals surface area contributed by atoms with Crippen molar-refractivity contribution in [3.63, 3.8) is 0 Å². The highest BCUT2D eigenvalue weighted by molar-refractivity contribution is 8.20. The molecule has 1 aromatic carbocycles. The highest BCUT2D eigenvalue weighted by Crippen LogP contribution is 2.38. The van der Waals surface area contributed by atoms with Crippen LogP contribution in [0, 0.1) is 11.7 Å². The molecule has 2 aromatic rings. The van der Waals surface area contributed by atoms with E-state index < -0.39 is 0 Å². The average Bonchev–Trinajstić information content (AvgIpc) is 3.35. The van der Waals surface area contributed by atoms with Gasteiger partial charge in [0.1, 0.15) is 11.5 Å². The topological polar surface area (TPSA) is 63.6 Å². The van der Waals surface area contributed by atoms with Gasteiger partial charge in [-0.25, -0.2) is 9.37 Å². The number of hydrogen-bond acceptors (Lipinski definition) is 6. The summed E-state index contributed by atoms with van der Waals surface area (Å²) in [4.78, 5) is 17.9. The second-order valence-electron chi connectivity index (χ2n) is 5.93. The Labute approximate surface area is 153 Å². The number of aromatic nitrogens is 1. The van der Waals surface area contributed by atoms with Gasteiger partial charge in [-0.15, -0.1) is 11.3 Å². The van der Waals surface area contributed by atoms with Crippen LogP contribution in [-0.2, 0) is 11.3 Å². The van der Waals surface area contributed by atoms with Crippen molar-refractivity contribution in [1.82, 2.24) is 10.3 Å². The van der Waals surface area contributed by atoms with Crippen LogP contribution >= 0.6 is 23.3 Å². The highest BCUT2D eigenvalue weighted by Gasteiger charge is 2.30. The van der Waals surface area contributed by atoms with Crippen molar-refractivity contribution in [1.29, 1.82) is 0 Å². The highest BCUT2D eigenvalue weighted by atomic mass is 32.2. The summed E-state index contributed by atoms with van der Waals surface area (Å²) in [6, 6.07) is 6.03. The molecule has 8 heteroatoms. The second kappa shape index (κ2) is 7.63. The molecule has 0 radical (unpaired) electrons. The molecule has 1 aromatic heterocycles. The van der Waals surface area contributed by atoms with Crippen LogP contribution in [0.25, 0.3) is 0 Å². The smallest absolute Gasteiger partial charge is 0.271 e. The maximum absolute atomic E-state index is 13.0. The standard InChI is InChI=1S/C17H18FN3O2S2/c1-9(2)13(23-3)14-12(20-16(24-14)17-21-25-17)15(22)19-8-10-4-6-11(18)7-5-10/h4-7,9,13H,8H2,1-3H3,(H,19,22). The molecule has 1 N–H and O–H groups in total. The fourth-order valence-corrected chi connectivity index (χ4v) is 4.18. The number of nitrogens with one attached hydrogen (secondary N) is 1. The third-order valence-corrected chi connectivity index (χ3v) is 5.53. The molecule has 25 heavy (non-hydrogen) atoms. The fraction of sp³-hybridized carbons (Fsp3) is 0.353. The van der Waals surface area contributed by atoms with Crippen molar-refractivity contribution in [3.05, 3.63) is 51.2 Å². The molecule has 1 aliphatic heterocycles. The Kier molecular flexibility index (Phi) is 5.51. The Balaban J connectivity index is 1.80. The molecule has 1 amide bonds. The zero-order valence-electron chi connectivity index (χ0n) is 14.1. The maximum atomic E-state index is 13.0. The van der Waals surface area contributed by atoms with Crippen LogP contribution in [0.2, 0.25) is 0 Å². The lowest BCUT2D eigenvalue weighted by Crippen LogP contribution is -2.25. The second-order valence-corrected chi connectivity index (χ2v) is 7.71. The van der Waals surface area contributed by atoms with Gasteiger partial charge in [0, 0.05) is 25.6 Å². The van der Waals surface area contributed by atoms with Gasteiger partial charge in [-0.2, -0.15) is 4.40 Å². The number of rotatable bonds is 7. The summed E-state index contributed by atoms with van der Waals surface area (Å²) in [5.74, 6) is -0.365. The van der Waals surface area contributed by atoms with Crippen molar-refractivity contribution >= 4 is 34.2 Å². The quantitative estimate of drug-likeness (QED) is 0.740. The fourth-order valence-electron chi connectivity index (χ4n) is 2.43. The summed E-state index contributed by atoms with van der Waals surface area (Å²) in [7, 11) is 1.63. The van der Waals surface area contributed by atoms with Crippen molar-refractivity contribution < 1.29 is 13.9 Å². The number of carbonyl (C=O) groups is 1. The van der Waals surface area contributed by atoms with Crippen LogP contribution in [0.1, 0.15) is 45.9 Å². The van der Waals surface area contributed by atoms with Crippen LogP contribution in [-0.4, -0.2) is 23.0 Å². The summed E-state index contributed by atoms with van der Waals surface area (Å²) in [6.45, 7) is 4.38. The number of methoxy groups -OCH3 is 1. The van der Waals surface area contributed by atoms with Gasteiger partial charge < -0.3 is 10.1 Å². The van der Waals surface area contributed by atoms with E-state index >= 15 is 0 Å². The first-order valence-corrected chi connectivity index (χ1v) is 9.40. The van der Waals surface area contributed by atoms with Gasteiger partial charge in [0.2, 0.25) is 0 Å². The molecule has 2 heterocycles. The lowest BCUT2D eigenvalue weighted by atomic mass is 10.0. The van der Waals surface area contributed by atoms with Crippen molar-refractivity contribution in [3.8, 4) is 0 Å². The Hall–Kier alpha value is -1.77. The van der Waals surface area contributed by atoms with E-state index in [1.807, 2.05) is 13.8 Å². The summed E-state index contributed by atoms with van der Waals surface area (Å²) >= 11 is 2.82. The largest absolute Gasteiger partial charge is 0.376 e. The SMILES string of the molecule is COC(c1sc(C2=NS2)nc1C(=O)NCc1ccc(F)cc1)C(C)C. The van der Waals surface area contributed by atoms with Crippen molar-refractivity contribution in [2.45, 2.75) is 26.5 Å². The third-order valence-electron chi connectivity index (χ3n) is 3.72. The van der Waals surface area contributed by atoms with Gasteiger partial charge in [-0.05, 0) is 23.6 Å². The molecule has 0 saturated carbocycles. The van der Waals surface area contributed by atoms with Gasteiger partial charge in [-0.3, -0.25) is 4.79 Å². The normalized spacial score (nSPS) is 14.4. The molecule has 132 valence electrons. The molecule has 0 bridgehead atoms. The average molecular weight is 379 g/mol. The van der Waals surface area contributed by atoms with E-state index in [2.05, 4.69) is 14.7 Å². The van der Waals surface area contributed by atoms with Crippen LogP contribution in [0.4, 0.5) is 4.39 Å². The molecule has 1 aliphatic rings. The molecule has 0 fully saturated rings. The maximum Gasteiger partial charge on any atom is 0.271 e. The minimum atomic E-state index is -0.302. The van der Waals surface area contributed by atoms with Gasteiger partial charge in [0.25, 0.3) is 5.91 Å². The number of amides is 1. The Morgan fingerprint density at radius 1 is 1.32 bits per heavy atom. The van der Waals surface area contributed by atoms with E-state index in [4.69, 9.17) is 4.74 Å². The number of ether oxygens (including phenoxy) is 1. The van der Waals surface area contributed by atoms with E-state index in [1.165, 1.54) is 35.4 Å². The number of benzene rings is 1.